The van der Waals surface area contributed by atoms with Gasteiger partial charge in [0.15, 0.2) is 0 Å². The first-order valence-electron chi connectivity index (χ1n) is 7.62. The molecule has 2 aromatic rings. The summed E-state index contributed by atoms with van der Waals surface area (Å²) in [5.41, 5.74) is 1.14. The largest absolute Gasteiger partial charge is 0.396 e. The van der Waals surface area contributed by atoms with Gasteiger partial charge in [0.25, 0.3) is 0 Å². The number of anilines is 3. The van der Waals surface area contributed by atoms with Crippen molar-refractivity contribution in [3.63, 3.8) is 0 Å². The second kappa shape index (κ2) is 7.10. The van der Waals surface area contributed by atoms with Gasteiger partial charge in [0.2, 0.25) is 5.95 Å². The predicted molar refractivity (Wildman–Crippen MR) is 88.9 cm³/mol. The maximum absolute atomic E-state index is 13.9. The number of para-hydroxylation sites is 1. The Bertz CT molecular complexity index is 674. The van der Waals surface area contributed by atoms with E-state index in [4.69, 9.17) is 16.7 Å². The highest BCUT2D eigenvalue weighted by Gasteiger charge is 2.26. The molecule has 122 valence electrons. The number of hydrogen-bond donors (Lipinski definition) is 3. The van der Waals surface area contributed by atoms with E-state index in [-0.39, 0.29) is 12.3 Å². The molecule has 0 saturated heterocycles. The first kappa shape index (κ1) is 16.0. The Kier molecular flexibility index (Phi) is 4.93. The quantitative estimate of drug-likeness (QED) is 0.673. The number of hydrogen-bond acceptors (Lipinski definition) is 5. The number of benzene rings is 1. The standard InChI is InChI=1S/C16H18ClFN4O/c17-11-3-1-4-12(18)15(11)21-14-9-13(10-5-6-10)20-16(22-14)19-7-2-8-23/h1,3-4,9-10,23H,2,5-8H2,(H2,19,20,21,22). The molecule has 1 saturated carbocycles. The number of aliphatic hydroxyl groups excluding tert-OH is 1. The fraction of sp³-hybridized carbons (Fsp3) is 0.375. The van der Waals surface area contributed by atoms with Gasteiger partial charge < -0.3 is 15.7 Å². The molecular weight excluding hydrogens is 319 g/mol. The fourth-order valence-corrected chi connectivity index (χ4v) is 2.43. The van der Waals surface area contributed by atoms with E-state index in [1.807, 2.05) is 6.07 Å². The van der Waals surface area contributed by atoms with E-state index in [2.05, 4.69) is 20.6 Å². The molecular formula is C16H18ClFN4O. The summed E-state index contributed by atoms with van der Waals surface area (Å²) in [6, 6.07) is 6.35. The monoisotopic (exact) mass is 336 g/mol. The molecule has 1 heterocycles. The summed E-state index contributed by atoms with van der Waals surface area (Å²) in [5.74, 6) is 0.977. The Balaban J connectivity index is 1.85. The fourth-order valence-electron chi connectivity index (χ4n) is 2.22. The lowest BCUT2D eigenvalue weighted by Gasteiger charge is -2.12. The number of nitrogens with one attached hydrogen (secondary N) is 2. The van der Waals surface area contributed by atoms with Gasteiger partial charge >= 0.3 is 0 Å². The van der Waals surface area contributed by atoms with E-state index in [1.165, 1.54) is 6.07 Å². The van der Waals surface area contributed by atoms with Crippen molar-refractivity contribution in [3.05, 3.63) is 40.8 Å². The molecule has 5 nitrogen and oxygen atoms in total. The molecule has 0 radical (unpaired) electrons. The van der Waals surface area contributed by atoms with Crippen molar-refractivity contribution in [2.45, 2.75) is 25.2 Å². The maximum atomic E-state index is 13.9. The van der Waals surface area contributed by atoms with Crippen LogP contribution in [0.25, 0.3) is 0 Å². The number of nitrogens with zero attached hydrogens (tertiary/aromatic N) is 2. The van der Waals surface area contributed by atoms with Crippen molar-refractivity contribution in [3.8, 4) is 0 Å². The highest BCUT2D eigenvalue weighted by molar-refractivity contribution is 6.33. The van der Waals surface area contributed by atoms with Crippen LogP contribution in [0.5, 0.6) is 0 Å². The lowest BCUT2D eigenvalue weighted by Crippen LogP contribution is -2.09. The van der Waals surface area contributed by atoms with Crippen LogP contribution in [0, 0.1) is 5.82 Å². The van der Waals surface area contributed by atoms with E-state index in [9.17, 15) is 4.39 Å². The lowest BCUT2D eigenvalue weighted by molar-refractivity contribution is 0.292. The minimum atomic E-state index is -0.432. The zero-order valence-electron chi connectivity index (χ0n) is 12.5. The third-order valence-corrected chi connectivity index (χ3v) is 3.89. The van der Waals surface area contributed by atoms with Gasteiger partial charge in [0, 0.05) is 25.1 Å². The Morgan fingerprint density at radius 1 is 1.30 bits per heavy atom. The maximum Gasteiger partial charge on any atom is 0.224 e. The molecule has 1 aromatic heterocycles. The van der Waals surface area contributed by atoms with Crippen molar-refractivity contribution in [1.29, 1.82) is 0 Å². The van der Waals surface area contributed by atoms with Crippen LogP contribution in [-0.2, 0) is 0 Å². The van der Waals surface area contributed by atoms with Crippen LogP contribution in [-0.4, -0.2) is 28.2 Å². The summed E-state index contributed by atoms with van der Waals surface area (Å²) in [6.45, 7) is 0.676. The molecule has 23 heavy (non-hydrogen) atoms. The summed E-state index contributed by atoms with van der Waals surface area (Å²) in [5, 5.41) is 15.2. The molecule has 1 fully saturated rings. The zero-order chi connectivity index (χ0) is 16.2. The zero-order valence-corrected chi connectivity index (χ0v) is 13.3. The Morgan fingerprint density at radius 2 is 2.13 bits per heavy atom. The number of aliphatic hydroxyl groups is 1. The van der Waals surface area contributed by atoms with E-state index < -0.39 is 5.82 Å². The van der Waals surface area contributed by atoms with Crippen LogP contribution in [0.15, 0.2) is 24.3 Å². The van der Waals surface area contributed by atoms with Crippen LogP contribution in [0.2, 0.25) is 5.02 Å². The number of halogens is 2. The van der Waals surface area contributed by atoms with Gasteiger partial charge in [-0.2, -0.15) is 4.98 Å². The van der Waals surface area contributed by atoms with Crippen LogP contribution >= 0.6 is 11.6 Å². The first-order chi connectivity index (χ1) is 11.2. The van der Waals surface area contributed by atoms with Crippen molar-refractivity contribution < 1.29 is 9.50 Å². The molecule has 0 aliphatic heterocycles. The Labute approximate surface area is 138 Å². The highest BCUT2D eigenvalue weighted by atomic mass is 35.5. The topological polar surface area (TPSA) is 70.1 Å². The van der Waals surface area contributed by atoms with E-state index in [0.29, 0.717) is 35.7 Å². The van der Waals surface area contributed by atoms with Crippen LogP contribution in [0.1, 0.15) is 30.9 Å². The van der Waals surface area contributed by atoms with E-state index in [0.717, 1.165) is 18.5 Å². The van der Waals surface area contributed by atoms with Crippen molar-refractivity contribution >= 4 is 29.1 Å². The van der Waals surface area contributed by atoms with Crippen molar-refractivity contribution in [2.75, 3.05) is 23.8 Å². The smallest absolute Gasteiger partial charge is 0.224 e. The minimum Gasteiger partial charge on any atom is -0.396 e. The minimum absolute atomic E-state index is 0.102. The summed E-state index contributed by atoms with van der Waals surface area (Å²) < 4.78 is 13.9. The average molecular weight is 337 g/mol. The summed E-state index contributed by atoms with van der Waals surface area (Å²) in [6.07, 6.45) is 2.82. The molecule has 0 amide bonds. The summed E-state index contributed by atoms with van der Waals surface area (Å²) in [7, 11) is 0. The van der Waals surface area contributed by atoms with Crippen molar-refractivity contribution in [2.24, 2.45) is 0 Å². The molecule has 3 N–H and O–H groups in total. The predicted octanol–water partition coefficient (Wildman–Crippen LogP) is 3.68. The average Bonchev–Trinajstić information content (AvgIpc) is 3.36. The van der Waals surface area contributed by atoms with Gasteiger partial charge in [-0.1, -0.05) is 17.7 Å². The summed E-state index contributed by atoms with van der Waals surface area (Å²) >= 11 is 6.05. The second-order valence-corrected chi connectivity index (χ2v) is 5.91. The molecule has 1 aliphatic rings. The number of aromatic nitrogens is 2. The van der Waals surface area contributed by atoms with Crippen LogP contribution in [0.4, 0.5) is 21.8 Å². The molecule has 0 bridgehead atoms. The second-order valence-electron chi connectivity index (χ2n) is 5.50. The number of rotatable bonds is 7. The molecule has 1 aromatic carbocycles. The highest BCUT2D eigenvalue weighted by Crippen LogP contribution is 2.40. The van der Waals surface area contributed by atoms with E-state index in [1.54, 1.807) is 12.1 Å². The van der Waals surface area contributed by atoms with Gasteiger partial charge in [-0.05, 0) is 31.4 Å². The van der Waals surface area contributed by atoms with Gasteiger partial charge in [-0.25, -0.2) is 9.37 Å². The molecule has 7 heteroatoms. The van der Waals surface area contributed by atoms with E-state index >= 15 is 0 Å². The SMILES string of the molecule is OCCCNc1nc(Nc2c(F)cccc2Cl)cc(C2CC2)n1. The van der Waals surface area contributed by atoms with Crippen LogP contribution < -0.4 is 10.6 Å². The molecule has 0 atom stereocenters. The lowest BCUT2D eigenvalue weighted by atomic mass is 10.2. The van der Waals surface area contributed by atoms with Crippen LogP contribution in [0.3, 0.4) is 0 Å². The van der Waals surface area contributed by atoms with Gasteiger partial charge in [-0.15, -0.1) is 0 Å². The molecule has 0 spiro atoms. The Hall–Kier alpha value is -1.92. The third-order valence-electron chi connectivity index (χ3n) is 3.58. The van der Waals surface area contributed by atoms with Gasteiger partial charge in [0.05, 0.1) is 16.4 Å². The van der Waals surface area contributed by atoms with Crippen molar-refractivity contribution in [1.82, 2.24) is 9.97 Å². The first-order valence-corrected chi connectivity index (χ1v) is 8.00. The normalized spacial score (nSPS) is 13.9. The van der Waals surface area contributed by atoms with Gasteiger partial charge in [-0.3, -0.25) is 0 Å². The molecule has 3 rings (SSSR count). The Morgan fingerprint density at radius 3 is 2.83 bits per heavy atom. The third kappa shape index (κ3) is 4.09. The summed E-state index contributed by atoms with van der Waals surface area (Å²) in [4.78, 5) is 8.84. The molecule has 1 aliphatic carbocycles. The molecule has 0 unspecified atom stereocenters. The van der Waals surface area contributed by atoms with Gasteiger partial charge in [0.1, 0.15) is 11.6 Å².